The van der Waals surface area contributed by atoms with Crippen LogP contribution in [0.25, 0.3) is 0 Å². The van der Waals surface area contributed by atoms with Gasteiger partial charge in [0.1, 0.15) is 21.5 Å². The predicted octanol–water partition coefficient (Wildman–Crippen LogP) is 2.22. The number of ether oxygens (including phenoxy) is 2. The van der Waals surface area contributed by atoms with Crippen LogP contribution in [-0.2, 0) is 9.47 Å². The van der Waals surface area contributed by atoms with Crippen molar-refractivity contribution in [2.24, 2.45) is 0 Å². The molecule has 1 rings (SSSR count). The number of carbonyl (C=O) groups is 1. The lowest BCUT2D eigenvalue weighted by atomic mass is 10.2. The van der Waals surface area contributed by atoms with Gasteiger partial charge in [0.05, 0.1) is 25.0 Å². The van der Waals surface area contributed by atoms with Gasteiger partial charge in [0.15, 0.2) is 0 Å². The number of nitriles is 1. The Hall–Kier alpha value is -1.78. The Morgan fingerprint density at radius 2 is 2.25 bits per heavy atom. The van der Waals surface area contributed by atoms with E-state index in [1.807, 2.05) is 19.9 Å². The van der Waals surface area contributed by atoms with Crippen molar-refractivity contribution in [3.8, 4) is 6.07 Å². The van der Waals surface area contributed by atoms with Gasteiger partial charge in [0, 0.05) is 6.54 Å². The van der Waals surface area contributed by atoms with E-state index in [9.17, 15) is 4.79 Å². The first kappa shape index (κ1) is 16.3. The van der Waals surface area contributed by atoms with Gasteiger partial charge in [-0.15, -0.1) is 11.3 Å². The molecule has 0 fully saturated rings. The fourth-order valence-electron chi connectivity index (χ4n) is 1.52. The third-order valence-electron chi connectivity index (χ3n) is 2.37. The van der Waals surface area contributed by atoms with Crippen LogP contribution in [0.1, 0.15) is 36.0 Å². The molecule has 0 radical (unpaired) electrons. The van der Waals surface area contributed by atoms with Gasteiger partial charge >= 0.3 is 5.97 Å². The number of nitrogens with two attached hydrogens (primary N) is 1. The van der Waals surface area contributed by atoms with Crippen LogP contribution >= 0.6 is 11.3 Å². The van der Waals surface area contributed by atoms with Crippen LogP contribution in [0.15, 0.2) is 0 Å². The third kappa shape index (κ3) is 4.11. The quantitative estimate of drug-likeness (QED) is 0.591. The summed E-state index contributed by atoms with van der Waals surface area (Å²) >= 11 is 1.15. The normalized spacial score (nSPS) is 10.3. The molecule has 0 aliphatic heterocycles. The number of thiophene rings is 1. The van der Waals surface area contributed by atoms with Gasteiger partial charge in [-0.2, -0.15) is 5.26 Å². The first-order valence-electron chi connectivity index (χ1n) is 6.36. The zero-order valence-electron chi connectivity index (χ0n) is 11.9. The van der Waals surface area contributed by atoms with Crippen molar-refractivity contribution >= 4 is 28.0 Å². The Labute approximate surface area is 122 Å². The lowest BCUT2D eigenvalue weighted by molar-refractivity contribution is 0.0529. The highest BCUT2D eigenvalue weighted by atomic mass is 32.1. The zero-order chi connectivity index (χ0) is 15.1. The van der Waals surface area contributed by atoms with Crippen LogP contribution in [-0.4, -0.2) is 31.8 Å². The Morgan fingerprint density at radius 3 is 2.80 bits per heavy atom. The number of nitrogens with zero attached hydrogens (tertiary/aromatic N) is 1. The Morgan fingerprint density at radius 1 is 1.55 bits per heavy atom. The van der Waals surface area contributed by atoms with E-state index in [0.29, 0.717) is 23.0 Å². The minimum absolute atomic E-state index is 0.143. The van der Waals surface area contributed by atoms with E-state index in [0.717, 1.165) is 11.3 Å². The molecule has 0 amide bonds. The first-order valence-corrected chi connectivity index (χ1v) is 7.17. The SMILES string of the molecule is CCOC(=O)c1c(NCCOC(C)C)sc(C#N)c1N. The molecule has 0 atom stereocenters. The van der Waals surface area contributed by atoms with Crippen LogP contribution in [0.2, 0.25) is 0 Å². The van der Waals surface area contributed by atoms with Crippen LogP contribution in [0.4, 0.5) is 10.7 Å². The van der Waals surface area contributed by atoms with Gasteiger partial charge in [-0.05, 0) is 20.8 Å². The second kappa shape index (κ2) is 7.72. The molecule has 0 bridgehead atoms. The second-order valence-electron chi connectivity index (χ2n) is 4.23. The highest BCUT2D eigenvalue weighted by molar-refractivity contribution is 7.17. The number of esters is 1. The zero-order valence-corrected chi connectivity index (χ0v) is 12.7. The topological polar surface area (TPSA) is 97.4 Å². The standard InChI is InChI=1S/C13H19N3O3S/c1-4-18-13(17)10-11(15)9(7-14)20-12(10)16-5-6-19-8(2)3/h8,16H,4-6,15H2,1-3H3. The highest BCUT2D eigenvalue weighted by Gasteiger charge is 2.23. The summed E-state index contributed by atoms with van der Waals surface area (Å²) in [5, 5.41) is 12.6. The Bertz CT molecular complexity index is 506. The van der Waals surface area contributed by atoms with E-state index in [-0.39, 0.29) is 24.0 Å². The van der Waals surface area contributed by atoms with Crippen LogP contribution in [0.3, 0.4) is 0 Å². The van der Waals surface area contributed by atoms with Crippen molar-refractivity contribution < 1.29 is 14.3 Å². The number of anilines is 2. The highest BCUT2D eigenvalue weighted by Crippen LogP contribution is 2.35. The van der Waals surface area contributed by atoms with E-state index < -0.39 is 5.97 Å². The van der Waals surface area contributed by atoms with Gasteiger partial charge in [-0.25, -0.2) is 4.79 Å². The number of hydrogen-bond donors (Lipinski definition) is 2. The van der Waals surface area contributed by atoms with Crippen molar-refractivity contribution in [1.82, 2.24) is 0 Å². The minimum atomic E-state index is -0.518. The van der Waals surface area contributed by atoms with Crippen molar-refractivity contribution in [2.45, 2.75) is 26.9 Å². The molecular formula is C13H19N3O3S. The molecule has 0 aliphatic carbocycles. The molecule has 20 heavy (non-hydrogen) atoms. The van der Waals surface area contributed by atoms with Crippen LogP contribution < -0.4 is 11.1 Å². The Balaban J connectivity index is 2.83. The molecule has 1 aromatic rings. The van der Waals surface area contributed by atoms with Crippen molar-refractivity contribution in [1.29, 1.82) is 5.26 Å². The van der Waals surface area contributed by atoms with Crippen molar-refractivity contribution in [3.63, 3.8) is 0 Å². The number of carbonyl (C=O) groups excluding carboxylic acids is 1. The van der Waals surface area contributed by atoms with E-state index in [1.165, 1.54) is 0 Å². The van der Waals surface area contributed by atoms with E-state index in [2.05, 4.69) is 5.32 Å². The summed E-state index contributed by atoms with van der Waals surface area (Å²) in [5.41, 5.74) is 6.22. The molecule has 0 unspecified atom stereocenters. The number of rotatable bonds is 7. The maximum Gasteiger partial charge on any atom is 0.343 e. The third-order valence-corrected chi connectivity index (χ3v) is 3.43. The average Bonchev–Trinajstić information content (AvgIpc) is 2.71. The van der Waals surface area contributed by atoms with E-state index in [1.54, 1.807) is 6.92 Å². The minimum Gasteiger partial charge on any atom is -0.462 e. The molecule has 6 nitrogen and oxygen atoms in total. The fraction of sp³-hybridized carbons (Fsp3) is 0.538. The number of nitrogen functional groups attached to an aromatic ring is 1. The second-order valence-corrected chi connectivity index (χ2v) is 5.25. The molecule has 1 aromatic heterocycles. The molecule has 0 spiro atoms. The summed E-state index contributed by atoms with van der Waals surface area (Å²) in [6.07, 6.45) is 0.143. The van der Waals surface area contributed by atoms with E-state index in [4.69, 9.17) is 20.5 Å². The summed E-state index contributed by atoms with van der Waals surface area (Å²) < 4.78 is 10.4. The van der Waals surface area contributed by atoms with E-state index >= 15 is 0 Å². The molecule has 1 heterocycles. The molecule has 0 saturated heterocycles. The maximum atomic E-state index is 11.9. The number of hydrogen-bond acceptors (Lipinski definition) is 7. The molecule has 110 valence electrons. The Kier molecular flexibility index (Phi) is 6.28. The monoisotopic (exact) mass is 297 g/mol. The summed E-state index contributed by atoms with van der Waals surface area (Å²) in [5.74, 6) is -0.518. The lowest BCUT2D eigenvalue weighted by Crippen LogP contribution is -2.15. The molecule has 0 aliphatic rings. The molecular weight excluding hydrogens is 278 g/mol. The average molecular weight is 297 g/mol. The fourth-order valence-corrected chi connectivity index (χ4v) is 2.45. The van der Waals surface area contributed by atoms with Gasteiger partial charge in [-0.3, -0.25) is 0 Å². The predicted molar refractivity (Wildman–Crippen MR) is 79.0 cm³/mol. The maximum absolute atomic E-state index is 11.9. The first-order chi connectivity index (χ1) is 9.51. The van der Waals surface area contributed by atoms with Crippen molar-refractivity contribution in [3.05, 3.63) is 10.4 Å². The van der Waals surface area contributed by atoms with Gasteiger partial charge in [0.2, 0.25) is 0 Å². The number of nitrogens with one attached hydrogen (secondary N) is 1. The van der Waals surface area contributed by atoms with Crippen molar-refractivity contribution in [2.75, 3.05) is 30.8 Å². The smallest absolute Gasteiger partial charge is 0.343 e. The molecule has 0 aromatic carbocycles. The summed E-state index contributed by atoms with van der Waals surface area (Å²) in [6, 6.07) is 1.98. The molecule has 0 saturated carbocycles. The summed E-state index contributed by atoms with van der Waals surface area (Å²) in [6.45, 7) is 6.89. The lowest BCUT2D eigenvalue weighted by Gasteiger charge is -2.09. The summed E-state index contributed by atoms with van der Waals surface area (Å²) in [4.78, 5) is 12.2. The van der Waals surface area contributed by atoms with Crippen LogP contribution in [0, 0.1) is 11.3 Å². The summed E-state index contributed by atoms with van der Waals surface area (Å²) in [7, 11) is 0. The molecule has 3 N–H and O–H groups in total. The molecule has 7 heteroatoms. The van der Waals surface area contributed by atoms with Gasteiger partial charge < -0.3 is 20.5 Å². The largest absolute Gasteiger partial charge is 0.462 e. The van der Waals surface area contributed by atoms with Crippen LogP contribution in [0.5, 0.6) is 0 Å². The van der Waals surface area contributed by atoms with Gasteiger partial charge in [0.25, 0.3) is 0 Å². The van der Waals surface area contributed by atoms with Gasteiger partial charge in [-0.1, -0.05) is 0 Å².